The summed E-state index contributed by atoms with van der Waals surface area (Å²) in [5.74, 6) is 0.431. The second kappa shape index (κ2) is 12.1. The molecule has 0 aliphatic rings. The zero-order valence-corrected chi connectivity index (χ0v) is 23.2. The van der Waals surface area contributed by atoms with Crippen molar-refractivity contribution in [3.05, 3.63) is 103 Å². The van der Waals surface area contributed by atoms with E-state index in [9.17, 15) is 9.50 Å². The van der Waals surface area contributed by atoms with Crippen molar-refractivity contribution in [2.45, 2.75) is 19.2 Å². The van der Waals surface area contributed by atoms with Crippen molar-refractivity contribution in [3.63, 3.8) is 0 Å². The van der Waals surface area contributed by atoms with Crippen LogP contribution in [0.4, 0.5) is 15.9 Å². The van der Waals surface area contributed by atoms with Crippen molar-refractivity contribution in [3.8, 4) is 11.1 Å². The Bertz CT molecular complexity index is 1830. The Kier molecular flexibility index (Phi) is 7.91. The lowest BCUT2D eigenvalue weighted by Gasteiger charge is -2.19. The highest BCUT2D eigenvalue weighted by Gasteiger charge is 2.12. The number of aliphatic hydroxyl groups excluding tert-OH is 2. The van der Waals surface area contributed by atoms with Crippen molar-refractivity contribution in [2.24, 2.45) is 0 Å². The number of rotatable bonds is 11. The molecule has 9 nitrogen and oxygen atoms in total. The van der Waals surface area contributed by atoms with Crippen molar-refractivity contribution < 1.29 is 14.6 Å². The summed E-state index contributed by atoms with van der Waals surface area (Å²) in [5, 5.41) is 29.3. The lowest BCUT2D eigenvalue weighted by Crippen LogP contribution is -2.33. The molecule has 3 aromatic heterocycles. The third-order valence-electron chi connectivity index (χ3n) is 7.27. The van der Waals surface area contributed by atoms with Crippen LogP contribution in [0.2, 0.25) is 0 Å². The van der Waals surface area contributed by atoms with Crippen LogP contribution in [0, 0.1) is 5.82 Å². The highest BCUT2D eigenvalue weighted by Crippen LogP contribution is 2.30. The summed E-state index contributed by atoms with van der Waals surface area (Å²) >= 11 is 0. The summed E-state index contributed by atoms with van der Waals surface area (Å²) in [7, 11) is 1.88. The second-order valence-electron chi connectivity index (χ2n) is 10.5. The van der Waals surface area contributed by atoms with E-state index >= 15 is 0 Å². The minimum absolute atomic E-state index is 0.0662. The number of hydrogen-bond acceptors (Lipinski definition) is 7. The standard InChI is InChI=1S/C32H32FN7O2/c1-38(11-12-41)19-28(42)20-39-10-9-24(18-39)23-5-7-30-29(15-23)32(35-21-34-30)37-27-6-8-31-25(14-27)16-36-40(31)17-22-3-2-4-26(33)13-22/h2-10,13-16,18,21,28,41-42H,11-12,17,19-20H2,1H3,(H,34,35,37). The summed E-state index contributed by atoms with van der Waals surface area (Å²) in [6, 6.07) is 20.7. The molecule has 1 atom stereocenters. The molecular weight excluding hydrogens is 533 g/mol. The third kappa shape index (κ3) is 6.15. The summed E-state index contributed by atoms with van der Waals surface area (Å²) in [6.07, 6.45) is 6.78. The zero-order chi connectivity index (χ0) is 29.1. The number of halogens is 1. The molecule has 0 amide bonds. The van der Waals surface area contributed by atoms with Gasteiger partial charge in [-0.1, -0.05) is 18.2 Å². The molecule has 0 radical (unpaired) electrons. The van der Waals surface area contributed by atoms with Crippen LogP contribution in [0.15, 0.2) is 91.6 Å². The predicted octanol–water partition coefficient (Wildman–Crippen LogP) is 4.66. The van der Waals surface area contributed by atoms with E-state index in [2.05, 4.69) is 26.4 Å². The van der Waals surface area contributed by atoms with Crippen LogP contribution in [0.5, 0.6) is 0 Å². The molecule has 0 bridgehead atoms. The highest BCUT2D eigenvalue weighted by molar-refractivity contribution is 5.94. The molecule has 0 saturated heterocycles. The molecule has 0 spiro atoms. The van der Waals surface area contributed by atoms with Crippen LogP contribution in [0.25, 0.3) is 32.9 Å². The van der Waals surface area contributed by atoms with E-state index in [1.165, 1.54) is 12.1 Å². The Labute approximate surface area is 242 Å². The normalized spacial score (nSPS) is 12.4. The average Bonchev–Trinajstić information content (AvgIpc) is 3.60. The molecule has 6 rings (SSSR count). The van der Waals surface area contributed by atoms with Crippen LogP contribution in [0.1, 0.15) is 5.56 Å². The van der Waals surface area contributed by atoms with Gasteiger partial charge in [0.05, 0.1) is 36.5 Å². The van der Waals surface area contributed by atoms with Gasteiger partial charge in [0.15, 0.2) is 0 Å². The Morgan fingerprint density at radius 3 is 2.79 bits per heavy atom. The second-order valence-corrected chi connectivity index (χ2v) is 10.5. The predicted molar refractivity (Wildman–Crippen MR) is 162 cm³/mol. The number of nitrogens with zero attached hydrogens (tertiary/aromatic N) is 6. The maximum atomic E-state index is 13.6. The van der Waals surface area contributed by atoms with Gasteiger partial charge in [0.25, 0.3) is 0 Å². The van der Waals surface area contributed by atoms with Crippen LogP contribution < -0.4 is 5.32 Å². The summed E-state index contributed by atoms with van der Waals surface area (Å²) in [5.41, 5.74) is 5.53. The molecule has 3 aromatic carbocycles. The number of fused-ring (bicyclic) bond motifs is 2. The van der Waals surface area contributed by atoms with Gasteiger partial charge in [0.2, 0.25) is 0 Å². The molecule has 214 valence electrons. The highest BCUT2D eigenvalue weighted by atomic mass is 19.1. The molecule has 10 heteroatoms. The van der Waals surface area contributed by atoms with Gasteiger partial charge in [-0.3, -0.25) is 4.68 Å². The number of aromatic nitrogens is 5. The zero-order valence-electron chi connectivity index (χ0n) is 23.2. The molecule has 0 aliphatic carbocycles. The molecule has 0 saturated carbocycles. The van der Waals surface area contributed by atoms with Crippen molar-refractivity contribution in [2.75, 3.05) is 32.1 Å². The molecule has 0 aliphatic heterocycles. The summed E-state index contributed by atoms with van der Waals surface area (Å²) in [4.78, 5) is 10.9. The number of aliphatic hydroxyl groups is 2. The summed E-state index contributed by atoms with van der Waals surface area (Å²) in [6.45, 7) is 2.01. The molecule has 42 heavy (non-hydrogen) atoms. The van der Waals surface area contributed by atoms with Crippen molar-refractivity contribution >= 4 is 33.3 Å². The number of anilines is 2. The first-order chi connectivity index (χ1) is 20.4. The molecule has 6 aromatic rings. The smallest absolute Gasteiger partial charge is 0.141 e. The van der Waals surface area contributed by atoms with E-state index in [0.29, 0.717) is 32.0 Å². The van der Waals surface area contributed by atoms with Crippen molar-refractivity contribution in [1.82, 2.24) is 29.2 Å². The van der Waals surface area contributed by atoms with Crippen molar-refractivity contribution in [1.29, 1.82) is 0 Å². The maximum Gasteiger partial charge on any atom is 0.141 e. The number of nitrogens with one attached hydrogen (secondary N) is 1. The van der Waals surface area contributed by atoms with E-state index in [1.54, 1.807) is 12.4 Å². The van der Waals surface area contributed by atoms with E-state index in [0.717, 1.165) is 44.2 Å². The van der Waals surface area contributed by atoms with Crippen LogP contribution in [0.3, 0.4) is 0 Å². The van der Waals surface area contributed by atoms with E-state index in [1.807, 2.05) is 82.3 Å². The van der Waals surface area contributed by atoms with Gasteiger partial charge in [0.1, 0.15) is 18.0 Å². The largest absolute Gasteiger partial charge is 0.395 e. The molecule has 3 N–H and O–H groups in total. The third-order valence-corrected chi connectivity index (χ3v) is 7.27. The number of benzene rings is 3. The van der Waals surface area contributed by atoms with E-state index in [-0.39, 0.29) is 12.4 Å². The molecule has 3 heterocycles. The van der Waals surface area contributed by atoms with Crippen LogP contribution in [-0.4, -0.2) is 72.3 Å². The van der Waals surface area contributed by atoms with Crippen LogP contribution >= 0.6 is 0 Å². The minimum atomic E-state index is -0.548. The fourth-order valence-corrected chi connectivity index (χ4v) is 5.22. The first kappa shape index (κ1) is 27.5. The SMILES string of the molecule is CN(CCO)CC(O)Cn1ccc(-c2ccc3ncnc(Nc4ccc5c(cnn5Cc5cccc(F)c5)c4)c3c2)c1. The van der Waals surface area contributed by atoms with Gasteiger partial charge in [-0.2, -0.15) is 5.10 Å². The summed E-state index contributed by atoms with van der Waals surface area (Å²) < 4.78 is 17.5. The fourth-order valence-electron chi connectivity index (χ4n) is 5.22. The average molecular weight is 566 g/mol. The Balaban J connectivity index is 1.21. The maximum absolute atomic E-state index is 13.6. The Morgan fingerprint density at radius 1 is 1.02 bits per heavy atom. The molecule has 1 unspecified atom stereocenters. The molecular formula is C32H32FN7O2. The Hall–Kier alpha value is -4.64. The first-order valence-corrected chi connectivity index (χ1v) is 13.8. The van der Waals surface area contributed by atoms with E-state index < -0.39 is 6.10 Å². The van der Waals surface area contributed by atoms with Gasteiger partial charge < -0.3 is 25.0 Å². The van der Waals surface area contributed by atoms with Gasteiger partial charge in [-0.05, 0) is 72.3 Å². The lowest BCUT2D eigenvalue weighted by molar-refractivity contribution is 0.101. The monoisotopic (exact) mass is 565 g/mol. The number of likely N-dealkylation sites (N-methyl/N-ethyl adjacent to an activating group) is 1. The van der Waals surface area contributed by atoms with Gasteiger partial charge >= 0.3 is 0 Å². The topological polar surface area (TPSA) is 104 Å². The Morgan fingerprint density at radius 2 is 1.93 bits per heavy atom. The lowest BCUT2D eigenvalue weighted by atomic mass is 10.1. The number of hydrogen-bond donors (Lipinski definition) is 3. The van der Waals surface area contributed by atoms with Crippen LogP contribution in [-0.2, 0) is 13.1 Å². The quantitative estimate of drug-likeness (QED) is 0.210. The van der Waals surface area contributed by atoms with Gasteiger partial charge in [-0.15, -0.1) is 0 Å². The van der Waals surface area contributed by atoms with E-state index in [4.69, 9.17) is 5.11 Å². The first-order valence-electron chi connectivity index (χ1n) is 13.8. The van der Waals surface area contributed by atoms with Gasteiger partial charge in [-0.25, -0.2) is 14.4 Å². The fraction of sp³-hybridized carbons (Fsp3) is 0.219. The van der Waals surface area contributed by atoms with Gasteiger partial charge in [0, 0.05) is 48.5 Å². The minimum Gasteiger partial charge on any atom is -0.395 e. The molecule has 0 fully saturated rings.